The monoisotopic (exact) mass is 319 g/mol. The van der Waals surface area contributed by atoms with Crippen LogP contribution in [0, 0.1) is 0 Å². The van der Waals surface area contributed by atoms with E-state index >= 15 is 0 Å². The van der Waals surface area contributed by atoms with Crippen LogP contribution in [0.2, 0.25) is 10.0 Å². The first-order chi connectivity index (χ1) is 10.1. The minimum Gasteiger partial charge on any atom is -0.464 e. The molecule has 0 saturated heterocycles. The number of rotatable bonds is 3. The molecule has 0 bridgehead atoms. The van der Waals surface area contributed by atoms with Gasteiger partial charge in [0.2, 0.25) is 5.91 Å². The van der Waals surface area contributed by atoms with Crippen molar-refractivity contribution in [3.05, 3.63) is 64.3 Å². The van der Waals surface area contributed by atoms with Gasteiger partial charge in [-0.15, -0.1) is 0 Å². The number of anilines is 1. The van der Waals surface area contributed by atoms with Crippen molar-refractivity contribution in [3.63, 3.8) is 0 Å². The maximum atomic E-state index is 12.1. The lowest BCUT2D eigenvalue weighted by atomic mass is 10.1. The van der Waals surface area contributed by atoms with Gasteiger partial charge in [0.05, 0.1) is 23.4 Å². The number of hydrogen-bond acceptors (Lipinski definition) is 2. The molecule has 0 unspecified atom stereocenters. The molecule has 5 heteroatoms. The van der Waals surface area contributed by atoms with E-state index in [-0.39, 0.29) is 12.3 Å². The molecular formula is C16H11Cl2NO2. The predicted molar refractivity (Wildman–Crippen MR) is 85.0 cm³/mol. The minimum atomic E-state index is -0.161. The van der Waals surface area contributed by atoms with Gasteiger partial charge in [0.25, 0.3) is 0 Å². The van der Waals surface area contributed by atoms with Crippen LogP contribution in [0.5, 0.6) is 0 Å². The van der Waals surface area contributed by atoms with E-state index in [1.165, 1.54) is 0 Å². The number of hydrogen-bond donors (Lipinski definition) is 1. The van der Waals surface area contributed by atoms with E-state index in [0.29, 0.717) is 21.3 Å². The van der Waals surface area contributed by atoms with Crippen molar-refractivity contribution < 1.29 is 9.21 Å². The smallest absolute Gasteiger partial charge is 0.228 e. The number of amides is 1. The summed E-state index contributed by atoms with van der Waals surface area (Å²) in [5.41, 5.74) is 2.09. The number of nitrogens with one attached hydrogen (secondary N) is 1. The van der Waals surface area contributed by atoms with Gasteiger partial charge in [0, 0.05) is 16.0 Å². The second-order valence-electron chi connectivity index (χ2n) is 4.61. The normalized spacial score (nSPS) is 10.8. The third-order valence-corrected chi connectivity index (χ3v) is 3.68. The summed E-state index contributed by atoms with van der Waals surface area (Å²) in [5, 5.41) is 4.74. The zero-order valence-electron chi connectivity index (χ0n) is 10.9. The van der Waals surface area contributed by atoms with Gasteiger partial charge in [-0.1, -0.05) is 35.3 Å². The molecule has 0 atom stereocenters. The zero-order chi connectivity index (χ0) is 14.8. The van der Waals surface area contributed by atoms with E-state index in [4.69, 9.17) is 27.6 Å². The van der Waals surface area contributed by atoms with E-state index in [0.717, 1.165) is 10.9 Å². The Morgan fingerprint density at radius 1 is 1.14 bits per heavy atom. The first-order valence-electron chi connectivity index (χ1n) is 6.33. The zero-order valence-corrected chi connectivity index (χ0v) is 12.4. The fourth-order valence-electron chi connectivity index (χ4n) is 2.12. The summed E-state index contributed by atoms with van der Waals surface area (Å²) in [6, 6.07) is 12.4. The Morgan fingerprint density at radius 2 is 1.95 bits per heavy atom. The molecule has 0 aliphatic heterocycles. The standard InChI is InChI=1S/C16H11Cl2NO2/c17-11-5-6-15-12(8-11)10(9-21-15)7-16(20)19-14-4-2-1-3-13(14)18/h1-6,8-9H,7H2,(H,19,20). The maximum absolute atomic E-state index is 12.1. The van der Waals surface area contributed by atoms with Crippen molar-refractivity contribution in [2.24, 2.45) is 0 Å². The van der Waals surface area contributed by atoms with Gasteiger partial charge in [-0.25, -0.2) is 0 Å². The fraction of sp³-hybridized carbons (Fsp3) is 0.0625. The van der Waals surface area contributed by atoms with Crippen LogP contribution in [0.1, 0.15) is 5.56 Å². The Hall–Kier alpha value is -1.97. The number of furan rings is 1. The van der Waals surface area contributed by atoms with E-state index in [1.807, 2.05) is 12.1 Å². The third kappa shape index (κ3) is 3.04. The van der Waals surface area contributed by atoms with Crippen LogP contribution < -0.4 is 5.32 Å². The lowest BCUT2D eigenvalue weighted by Crippen LogP contribution is -2.14. The van der Waals surface area contributed by atoms with Gasteiger partial charge in [-0.2, -0.15) is 0 Å². The maximum Gasteiger partial charge on any atom is 0.228 e. The lowest BCUT2D eigenvalue weighted by molar-refractivity contribution is -0.115. The summed E-state index contributed by atoms with van der Waals surface area (Å²) in [5.74, 6) is -0.161. The summed E-state index contributed by atoms with van der Waals surface area (Å²) in [7, 11) is 0. The molecule has 1 amide bonds. The largest absolute Gasteiger partial charge is 0.464 e. The van der Waals surface area contributed by atoms with Gasteiger partial charge in [-0.05, 0) is 30.3 Å². The SMILES string of the molecule is O=C(Cc1coc2ccc(Cl)cc12)Nc1ccccc1Cl. The Balaban J connectivity index is 1.80. The van der Waals surface area contributed by atoms with E-state index < -0.39 is 0 Å². The summed E-state index contributed by atoms with van der Waals surface area (Å²) < 4.78 is 5.41. The summed E-state index contributed by atoms with van der Waals surface area (Å²) in [6.07, 6.45) is 1.77. The number of para-hydroxylation sites is 1. The van der Waals surface area contributed by atoms with Crippen LogP contribution in [0.3, 0.4) is 0 Å². The average molecular weight is 320 g/mol. The van der Waals surface area contributed by atoms with E-state index in [2.05, 4.69) is 5.32 Å². The molecule has 3 nitrogen and oxygen atoms in total. The first kappa shape index (κ1) is 14.0. The van der Waals surface area contributed by atoms with Crippen molar-refractivity contribution >= 4 is 45.8 Å². The quantitative estimate of drug-likeness (QED) is 0.744. The number of halogens is 2. The summed E-state index contributed by atoms with van der Waals surface area (Å²) in [6.45, 7) is 0. The number of fused-ring (bicyclic) bond motifs is 1. The minimum absolute atomic E-state index is 0.161. The van der Waals surface area contributed by atoms with Crippen molar-refractivity contribution in [1.29, 1.82) is 0 Å². The van der Waals surface area contributed by atoms with Gasteiger partial charge in [0.1, 0.15) is 5.58 Å². The van der Waals surface area contributed by atoms with Crippen LogP contribution in [0.15, 0.2) is 53.1 Å². The molecule has 0 spiro atoms. The highest BCUT2D eigenvalue weighted by Crippen LogP contribution is 2.26. The van der Waals surface area contributed by atoms with Gasteiger partial charge in [0.15, 0.2) is 0 Å². The lowest BCUT2D eigenvalue weighted by Gasteiger charge is -2.06. The predicted octanol–water partition coefficient (Wildman–Crippen LogP) is 4.92. The van der Waals surface area contributed by atoms with Crippen LogP contribution in [0.25, 0.3) is 11.0 Å². The van der Waals surface area contributed by atoms with Crippen molar-refractivity contribution in [2.75, 3.05) is 5.32 Å². The highest BCUT2D eigenvalue weighted by Gasteiger charge is 2.12. The Labute approximate surface area is 131 Å². The Morgan fingerprint density at radius 3 is 2.76 bits per heavy atom. The van der Waals surface area contributed by atoms with Gasteiger partial charge < -0.3 is 9.73 Å². The Bertz CT molecular complexity index is 811. The topological polar surface area (TPSA) is 42.2 Å². The molecule has 0 aliphatic carbocycles. The van der Waals surface area contributed by atoms with Crippen molar-refractivity contribution in [2.45, 2.75) is 6.42 Å². The number of carbonyl (C=O) groups is 1. The number of carbonyl (C=O) groups excluding carboxylic acids is 1. The van der Waals surface area contributed by atoms with Crippen LogP contribution in [-0.4, -0.2) is 5.91 Å². The van der Waals surface area contributed by atoms with Crippen molar-refractivity contribution in [1.82, 2.24) is 0 Å². The molecule has 1 N–H and O–H groups in total. The molecule has 21 heavy (non-hydrogen) atoms. The first-order valence-corrected chi connectivity index (χ1v) is 7.09. The van der Waals surface area contributed by atoms with Gasteiger partial charge in [-0.3, -0.25) is 4.79 Å². The summed E-state index contributed by atoms with van der Waals surface area (Å²) >= 11 is 12.0. The molecule has 0 aliphatic rings. The molecule has 0 saturated carbocycles. The molecule has 2 aromatic carbocycles. The average Bonchev–Trinajstić information content (AvgIpc) is 2.84. The highest BCUT2D eigenvalue weighted by molar-refractivity contribution is 6.33. The highest BCUT2D eigenvalue weighted by atomic mass is 35.5. The molecule has 1 heterocycles. The molecular weight excluding hydrogens is 309 g/mol. The number of benzene rings is 2. The third-order valence-electron chi connectivity index (χ3n) is 3.11. The van der Waals surface area contributed by atoms with Crippen LogP contribution in [0.4, 0.5) is 5.69 Å². The Kier molecular flexibility index (Phi) is 3.86. The van der Waals surface area contributed by atoms with Crippen LogP contribution >= 0.6 is 23.2 Å². The van der Waals surface area contributed by atoms with E-state index in [1.54, 1.807) is 36.6 Å². The second kappa shape index (κ2) is 5.80. The molecule has 0 radical (unpaired) electrons. The van der Waals surface area contributed by atoms with E-state index in [9.17, 15) is 4.79 Å². The summed E-state index contributed by atoms with van der Waals surface area (Å²) in [4.78, 5) is 12.1. The van der Waals surface area contributed by atoms with Crippen LogP contribution in [-0.2, 0) is 11.2 Å². The molecule has 0 fully saturated rings. The van der Waals surface area contributed by atoms with Crippen molar-refractivity contribution in [3.8, 4) is 0 Å². The van der Waals surface area contributed by atoms with Gasteiger partial charge >= 0.3 is 0 Å². The molecule has 3 rings (SSSR count). The fourth-order valence-corrected chi connectivity index (χ4v) is 2.48. The molecule has 106 valence electrons. The second-order valence-corrected chi connectivity index (χ2v) is 5.45. The molecule has 1 aromatic heterocycles. The molecule has 3 aromatic rings.